The van der Waals surface area contributed by atoms with E-state index in [0.29, 0.717) is 37.1 Å². The molecule has 1 atom stereocenters. The number of amides is 1. The van der Waals surface area contributed by atoms with Gasteiger partial charge in [-0.05, 0) is 36.6 Å². The third-order valence-electron chi connectivity index (χ3n) is 5.36. The molecule has 3 rings (SSSR count). The number of benzene rings is 1. The zero-order valence-electron chi connectivity index (χ0n) is 15.9. The molecule has 1 heterocycles. The fraction of sp³-hybridized carbons (Fsp3) is 0.400. The van der Waals surface area contributed by atoms with Gasteiger partial charge in [0, 0.05) is 30.2 Å². The second kappa shape index (κ2) is 7.46. The molecule has 1 aliphatic carbocycles. The normalized spacial score (nSPS) is 20.9. The summed E-state index contributed by atoms with van der Waals surface area (Å²) in [5.74, 6) is -1.27. The number of nitrogens with zero attached hydrogens (tertiary/aromatic N) is 1. The molecule has 28 heavy (non-hydrogen) atoms. The average molecular weight is 387 g/mol. The van der Waals surface area contributed by atoms with Gasteiger partial charge >= 0.3 is 18.0 Å². The number of hydrogen-bond acceptors (Lipinski definition) is 7. The van der Waals surface area contributed by atoms with Gasteiger partial charge in [-0.3, -0.25) is 9.69 Å². The van der Waals surface area contributed by atoms with Crippen molar-refractivity contribution in [3.05, 3.63) is 46.7 Å². The molecule has 148 valence electrons. The first kappa shape index (κ1) is 19.6. The predicted octanol–water partition coefficient (Wildman–Crippen LogP) is 2.22. The summed E-state index contributed by atoms with van der Waals surface area (Å²) < 4.78 is 14.5. The number of fused-ring (bicyclic) bond motifs is 1. The Kier molecular flexibility index (Phi) is 5.22. The summed E-state index contributed by atoms with van der Waals surface area (Å²) in [5, 5.41) is 0. The van der Waals surface area contributed by atoms with Crippen LogP contribution in [0, 0.1) is 0 Å². The van der Waals surface area contributed by atoms with Crippen LogP contribution in [0.4, 0.5) is 4.79 Å². The maximum atomic E-state index is 12.2. The number of methoxy groups -OCH3 is 3. The summed E-state index contributed by atoms with van der Waals surface area (Å²) in [7, 11) is 3.79. The Balaban J connectivity index is 2.19. The van der Waals surface area contributed by atoms with E-state index in [9.17, 15) is 19.2 Å². The molecule has 0 unspecified atom stereocenters. The van der Waals surface area contributed by atoms with E-state index in [2.05, 4.69) is 0 Å². The standard InChI is InChI=1S/C20H21NO7/c1-26-17(23)12-8-13(18(24)27-2)10-14(9-12)20-5-4-15(22)11-16(20)21(7-6-20)19(25)28-3/h8-11H,4-7H2,1-3H3/t20-/m1/s1. The van der Waals surface area contributed by atoms with Gasteiger partial charge in [-0.25, -0.2) is 14.4 Å². The largest absolute Gasteiger partial charge is 0.465 e. The minimum atomic E-state index is -0.686. The van der Waals surface area contributed by atoms with Gasteiger partial charge < -0.3 is 14.2 Å². The molecule has 1 aromatic carbocycles. The van der Waals surface area contributed by atoms with E-state index < -0.39 is 23.4 Å². The second-order valence-electron chi connectivity index (χ2n) is 6.73. The third kappa shape index (κ3) is 3.15. The highest BCUT2D eigenvalue weighted by molar-refractivity contribution is 5.96. The summed E-state index contributed by atoms with van der Waals surface area (Å²) in [6, 6.07) is 4.69. The lowest BCUT2D eigenvalue weighted by atomic mass is 9.70. The zero-order chi connectivity index (χ0) is 20.5. The number of carbonyl (C=O) groups excluding carboxylic acids is 4. The topological polar surface area (TPSA) is 99.2 Å². The molecular weight excluding hydrogens is 366 g/mol. The lowest BCUT2D eigenvalue weighted by molar-refractivity contribution is -0.115. The summed E-state index contributed by atoms with van der Waals surface area (Å²) >= 11 is 0. The first-order chi connectivity index (χ1) is 13.4. The molecule has 1 aliphatic heterocycles. The van der Waals surface area contributed by atoms with Gasteiger partial charge in [0.1, 0.15) is 0 Å². The van der Waals surface area contributed by atoms with E-state index >= 15 is 0 Å². The molecule has 0 aromatic heterocycles. The highest BCUT2D eigenvalue weighted by Gasteiger charge is 2.49. The number of ketones is 1. The first-order valence-corrected chi connectivity index (χ1v) is 8.79. The molecule has 1 saturated heterocycles. The van der Waals surface area contributed by atoms with Crippen molar-refractivity contribution in [2.24, 2.45) is 0 Å². The summed E-state index contributed by atoms with van der Waals surface area (Å²) in [5.41, 5.74) is 0.883. The molecule has 8 heteroatoms. The van der Waals surface area contributed by atoms with E-state index in [0.717, 1.165) is 0 Å². The molecule has 0 radical (unpaired) electrons. The fourth-order valence-electron chi connectivity index (χ4n) is 3.95. The van der Waals surface area contributed by atoms with Crippen molar-refractivity contribution >= 4 is 23.8 Å². The second-order valence-corrected chi connectivity index (χ2v) is 6.73. The van der Waals surface area contributed by atoms with Gasteiger partial charge in [-0.15, -0.1) is 0 Å². The summed E-state index contributed by atoms with van der Waals surface area (Å²) in [6.07, 6.45) is 2.19. The van der Waals surface area contributed by atoms with Crippen LogP contribution in [0.1, 0.15) is 45.5 Å². The smallest absolute Gasteiger partial charge is 0.413 e. The van der Waals surface area contributed by atoms with Gasteiger partial charge in [-0.1, -0.05) is 0 Å². The molecule has 8 nitrogen and oxygen atoms in total. The number of likely N-dealkylation sites (tertiary alicyclic amines) is 1. The Morgan fingerprint density at radius 3 is 2.07 bits per heavy atom. The van der Waals surface area contributed by atoms with E-state index in [1.807, 2.05) is 0 Å². The van der Waals surface area contributed by atoms with Gasteiger partial charge in [0.25, 0.3) is 0 Å². The van der Waals surface area contributed by atoms with E-state index in [1.54, 1.807) is 12.1 Å². The van der Waals surface area contributed by atoms with Crippen LogP contribution < -0.4 is 0 Å². The molecular formula is C20H21NO7. The van der Waals surface area contributed by atoms with Gasteiger partial charge in [0.2, 0.25) is 0 Å². The number of rotatable bonds is 3. The van der Waals surface area contributed by atoms with Crippen molar-refractivity contribution in [1.29, 1.82) is 0 Å². The number of ether oxygens (including phenoxy) is 3. The molecule has 1 aromatic rings. The quantitative estimate of drug-likeness (QED) is 0.579. The Labute approximate surface area is 162 Å². The molecule has 2 aliphatic rings. The van der Waals surface area contributed by atoms with Crippen LogP contribution in [0.5, 0.6) is 0 Å². The lowest BCUT2D eigenvalue weighted by Gasteiger charge is -2.35. The van der Waals surface area contributed by atoms with E-state index in [-0.39, 0.29) is 16.9 Å². The summed E-state index contributed by atoms with van der Waals surface area (Å²) in [4.78, 5) is 50.0. The summed E-state index contributed by atoms with van der Waals surface area (Å²) in [6.45, 7) is 0.363. The number of hydrogen-bond donors (Lipinski definition) is 0. The van der Waals surface area contributed by atoms with Crippen molar-refractivity contribution in [2.45, 2.75) is 24.7 Å². The average Bonchev–Trinajstić information content (AvgIpc) is 3.11. The van der Waals surface area contributed by atoms with E-state index in [4.69, 9.17) is 14.2 Å². The minimum absolute atomic E-state index is 0.0845. The van der Waals surface area contributed by atoms with Crippen molar-refractivity contribution in [3.63, 3.8) is 0 Å². The first-order valence-electron chi connectivity index (χ1n) is 8.79. The van der Waals surface area contributed by atoms with Crippen LogP contribution in [0.3, 0.4) is 0 Å². The Hall–Kier alpha value is -3.16. The van der Waals surface area contributed by atoms with Gasteiger partial charge in [0.05, 0.1) is 32.5 Å². The fourth-order valence-corrected chi connectivity index (χ4v) is 3.95. The van der Waals surface area contributed by atoms with Crippen LogP contribution >= 0.6 is 0 Å². The highest BCUT2D eigenvalue weighted by Crippen LogP contribution is 2.49. The minimum Gasteiger partial charge on any atom is -0.465 e. The van der Waals surface area contributed by atoms with Crippen molar-refractivity contribution in [3.8, 4) is 0 Å². The maximum absolute atomic E-state index is 12.2. The third-order valence-corrected chi connectivity index (χ3v) is 5.36. The van der Waals surface area contributed by atoms with Crippen molar-refractivity contribution < 1.29 is 33.4 Å². The lowest BCUT2D eigenvalue weighted by Crippen LogP contribution is -2.36. The number of esters is 2. The van der Waals surface area contributed by atoms with Crippen LogP contribution in [-0.2, 0) is 24.4 Å². The number of carbonyl (C=O) groups is 4. The predicted molar refractivity (Wildman–Crippen MR) is 96.9 cm³/mol. The number of allylic oxidation sites excluding steroid dienone is 2. The van der Waals surface area contributed by atoms with Gasteiger partial charge in [-0.2, -0.15) is 0 Å². The molecule has 0 bridgehead atoms. The molecule has 1 fully saturated rings. The van der Waals surface area contributed by atoms with Crippen molar-refractivity contribution in [1.82, 2.24) is 4.90 Å². The molecule has 1 amide bonds. The molecule has 0 saturated carbocycles. The van der Waals surface area contributed by atoms with Crippen LogP contribution in [0.2, 0.25) is 0 Å². The Morgan fingerprint density at radius 1 is 0.929 bits per heavy atom. The maximum Gasteiger partial charge on any atom is 0.413 e. The molecule has 0 N–H and O–H groups in total. The molecule has 0 spiro atoms. The van der Waals surface area contributed by atoms with Gasteiger partial charge in [0.15, 0.2) is 5.78 Å². The van der Waals surface area contributed by atoms with E-state index in [1.165, 1.54) is 38.4 Å². The zero-order valence-corrected chi connectivity index (χ0v) is 15.9. The van der Waals surface area contributed by atoms with Crippen LogP contribution in [-0.4, -0.2) is 56.6 Å². The Morgan fingerprint density at radius 2 is 1.54 bits per heavy atom. The SMILES string of the molecule is COC(=O)c1cc(C(=O)OC)cc([C@]23CCC(=O)C=C2N(C(=O)OC)CC3)c1. The van der Waals surface area contributed by atoms with Crippen molar-refractivity contribution in [2.75, 3.05) is 27.9 Å². The Bertz CT molecular complexity index is 854. The monoisotopic (exact) mass is 387 g/mol. The van der Waals surface area contributed by atoms with Crippen LogP contribution in [0.15, 0.2) is 30.0 Å². The highest BCUT2D eigenvalue weighted by atomic mass is 16.5. The van der Waals surface area contributed by atoms with Crippen LogP contribution in [0.25, 0.3) is 0 Å².